The fourth-order valence-electron chi connectivity index (χ4n) is 1.66. The van der Waals surface area contributed by atoms with E-state index in [0.29, 0.717) is 13.0 Å². The highest BCUT2D eigenvalue weighted by Crippen LogP contribution is 2.08. The molecule has 1 N–H and O–H groups in total. The number of hydrogen-bond donors (Lipinski definition) is 1. The molecule has 0 saturated heterocycles. The summed E-state index contributed by atoms with van der Waals surface area (Å²) in [7, 11) is 0. The van der Waals surface area contributed by atoms with Gasteiger partial charge in [-0.25, -0.2) is 4.98 Å². The van der Waals surface area contributed by atoms with E-state index >= 15 is 0 Å². The van der Waals surface area contributed by atoms with Crippen LogP contribution in [-0.4, -0.2) is 27.3 Å². The lowest BCUT2D eigenvalue weighted by atomic mass is 10.2. The smallest absolute Gasteiger partial charge is 0.222 e. The van der Waals surface area contributed by atoms with Crippen LogP contribution in [0.25, 0.3) is 0 Å². The Morgan fingerprint density at radius 1 is 1.44 bits per heavy atom. The first-order valence-corrected chi connectivity index (χ1v) is 5.95. The summed E-state index contributed by atoms with van der Waals surface area (Å²) in [4.78, 5) is 21.0. The molecule has 0 atom stereocenters. The second kappa shape index (κ2) is 6.30. The number of amides is 1. The van der Waals surface area contributed by atoms with Gasteiger partial charge in [0.15, 0.2) is 0 Å². The van der Waals surface area contributed by atoms with Crippen molar-refractivity contribution in [3.05, 3.63) is 17.7 Å². The Kier molecular flexibility index (Phi) is 5.02. The first kappa shape index (κ1) is 12.7. The van der Waals surface area contributed by atoms with E-state index in [1.807, 2.05) is 18.7 Å². The number of nitrogens with one attached hydrogen (secondary N) is 1. The highest BCUT2D eigenvalue weighted by atomic mass is 16.2. The monoisotopic (exact) mass is 223 g/mol. The summed E-state index contributed by atoms with van der Waals surface area (Å²) < 4.78 is 0. The van der Waals surface area contributed by atoms with Crippen LogP contribution in [0.2, 0.25) is 0 Å². The number of aromatic amines is 1. The summed E-state index contributed by atoms with van der Waals surface area (Å²) in [5, 5.41) is 0. The van der Waals surface area contributed by atoms with Crippen LogP contribution in [0.4, 0.5) is 0 Å². The molecule has 90 valence electrons. The maximum atomic E-state index is 11.9. The van der Waals surface area contributed by atoms with Gasteiger partial charge in [-0.05, 0) is 19.8 Å². The summed E-state index contributed by atoms with van der Waals surface area (Å²) in [6.45, 7) is 7.54. The maximum Gasteiger partial charge on any atom is 0.222 e. The van der Waals surface area contributed by atoms with Gasteiger partial charge in [-0.1, -0.05) is 13.8 Å². The Morgan fingerprint density at radius 3 is 2.69 bits per heavy atom. The Labute approximate surface area is 97.1 Å². The number of imidazole rings is 1. The molecule has 0 spiro atoms. The molecule has 1 amide bonds. The molecule has 4 heteroatoms. The van der Waals surface area contributed by atoms with Crippen molar-refractivity contribution in [1.29, 1.82) is 0 Å². The van der Waals surface area contributed by atoms with E-state index in [4.69, 9.17) is 0 Å². The van der Waals surface area contributed by atoms with E-state index in [0.717, 1.165) is 30.8 Å². The highest BCUT2D eigenvalue weighted by molar-refractivity contribution is 5.76. The molecule has 1 aromatic rings. The van der Waals surface area contributed by atoms with Gasteiger partial charge in [0.25, 0.3) is 0 Å². The van der Waals surface area contributed by atoms with Gasteiger partial charge in [-0.15, -0.1) is 0 Å². The third-order valence-corrected chi connectivity index (χ3v) is 2.59. The number of rotatable bonds is 6. The first-order chi connectivity index (χ1) is 7.69. The van der Waals surface area contributed by atoms with Crippen molar-refractivity contribution < 1.29 is 4.79 Å². The standard InChI is InChI=1S/C12H21N3O/c1-4-6-12(16)15(7-5-2)8-11-10(3)13-9-14-11/h9H,4-8H2,1-3H3,(H,13,14). The van der Waals surface area contributed by atoms with E-state index in [2.05, 4.69) is 16.9 Å². The molecule has 0 bridgehead atoms. The van der Waals surface area contributed by atoms with Crippen LogP contribution in [0.1, 0.15) is 44.5 Å². The largest absolute Gasteiger partial charge is 0.348 e. The van der Waals surface area contributed by atoms with Crippen molar-refractivity contribution in [1.82, 2.24) is 14.9 Å². The van der Waals surface area contributed by atoms with Gasteiger partial charge in [-0.3, -0.25) is 4.79 Å². The van der Waals surface area contributed by atoms with Crippen molar-refractivity contribution in [2.45, 2.75) is 46.6 Å². The van der Waals surface area contributed by atoms with Crippen LogP contribution in [0.3, 0.4) is 0 Å². The van der Waals surface area contributed by atoms with E-state index in [1.165, 1.54) is 0 Å². The Balaban J connectivity index is 2.64. The summed E-state index contributed by atoms with van der Waals surface area (Å²) in [5.74, 6) is 0.228. The molecule has 0 aromatic carbocycles. The number of carbonyl (C=O) groups excluding carboxylic acids is 1. The topological polar surface area (TPSA) is 49.0 Å². The molecule has 1 rings (SSSR count). The number of hydrogen-bond acceptors (Lipinski definition) is 2. The number of aryl methyl sites for hydroxylation is 1. The SMILES string of the molecule is CCCC(=O)N(CCC)Cc1nc[nH]c1C. The summed E-state index contributed by atoms with van der Waals surface area (Å²) in [6, 6.07) is 0. The minimum Gasteiger partial charge on any atom is -0.348 e. The molecule has 1 aromatic heterocycles. The Morgan fingerprint density at radius 2 is 2.19 bits per heavy atom. The second-order valence-corrected chi connectivity index (χ2v) is 4.04. The normalized spacial score (nSPS) is 10.4. The zero-order valence-electron chi connectivity index (χ0n) is 10.4. The van der Waals surface area contributed by atoms with Crippen LogP contribution in [0.5, 0.6) is 0 Å². The van der Waals surface area contributed by atoms with Crippen molar-refractivity contribution in [2.75, 3.05) is 6.54 Å². The average molecular weight is 223 g/mol. The van der Waals surface area contributed by atoms with Gasteiger partial charge < -0.3 is 9.88 Å². The summed E-state index contributed by atoms with van der Waals surface area (Å²) in [5.41, 5.74) is 2.02. The minimum absolute atomic E-state index is 0.228. The van der Waals surface area contributed by atoms with Gasteiger partial charge in [0.2, 0.25) is 5.91 Å². The molecule has 0 aliphatic carbocycles. The van der Waals surface area contributed by atoms with Gasteiger partial charge in [-0.2, -0.15) is 0 Å². The van der Waals surface area contributed by atoms with Crippen molar-refractivity contribution >= 4 is 5.91 Å². The highest BCUT2D eigenvalue weighted by Gasteiger charge is 2.14. The molecule has 0 radical (unpaired) electrons. The predicted molar refractivity (Wildman–Crippen MR) is 63.9 cm³/mol. The van der Waals surface area contributed by atoms with Crippen molar-refractivity contribution in [2.24, 2.45) is 0 Å². The van der Waals surface area contributed by atoms with E-state index in [-0.39, 0.29) is 5.91 Å². The second-order valence-electron chi connectivity index (χ2n) is 4.04. The third kappa shape index (κ3) is 3.36. The van der Waals surface area contributed by atoms with Crippen molar-refractivity contribution in [3.8, 4) is 0 Å². The predicted octanol–water partition coefficient (Wildman–Crippen LogP) is 2.26. The van der Waals surface area contributed by atoms with Gasteiger partial charge >= 0.3 is 0 Å². The molecule has 4 nitrogen and oxygen atoms in total. The van der Waals surface area contributed by atoms with Crippen LogP contribution in [0, 0.1) is 6.92 Å². The van der Waals surface area contributed by atoms with Gasteiger partial charge in [0, 0.05) is 18.7 Å². The molecule has 1 heterocycles. The minimum atomic E-state index is 0.228. The number of H-pyrrole nitrogens is 1. The Bertz CT molecular complexity index is 333. The van der Waals surface area contributed by atoms with Gasteiger partial charge in [0.1, 0.15) is 0 Å². The van der Waals surface area contributed by atoms with Crippen LogP contribution >= 0.6 is 0 Å². The number of nitrogens with zero attached hydrogens (tertiary/aromatic N) is 2. The van der Waals surface area contributed by atoms with Crippen LogP contribution in [0.15, 0.2) is 6.33 Å². The lowest BCUT2D eigenvalue weighted by Crippen LogP contribution is -2.31. The number of carbonyl (C=O) groups is 1. The summed E-state index contributed by atoms with van der Waals surface area (Å²) >= 11 is 0. The fraction of sp³-hybridized carbons (Fsp3) is 0.667. The summed E-state index contributed by atoms with van der Waals surface area (Å²) in [6.07, 6.45) is 4.19. The average Bonchev–Trinajstić information content (AvgIpc) is 2.64. The molecular formula is C12H21N3O. The molecule has 0 aliphatic rings. The van der Waals surface area contributed by atoms with Crippen molar-refractivity contribution in [3.63, 3.8) is 0 Å². The van der Waals surface area contributed by atoms with E-state index < -0.39 is 0 Å². The molecule has 16 heavy (non-hydrogen) atoms. The zero-order valence-corrected chi connectivity index (χ0v) is 10.4. The van der Waals surface area contributed by atoms with Crippen LogP contribution in [-0.2, 0) is 11.3 Å². The van der Waals surface area contributed by atoms with E-state index in [1.54, 1.807) is 6.33 Å². The molecule has 0 fully saturated rings. The van der Waals surface area contributed by atoms with E-state index in [9.17, 15) is 4.79 Å². The third-order valence-electron chi connectivity index (χ3n) is 2.59. The first-order valence-electron chi connectivity index (χ1n) is 5.95. The van der Waals surface area contributed by atoms with Crippen LogP contribution < -0.4 is 0 Å². The zero-order chi connectivity index (χ0) is 12.0. The Hall–Kier alpha value is -1.32. The molecular weight excluding hydrogens is 202 g/mol. The lowest BCUT2D eigenvalue weighted by Gasteiger charge is -2.21. The van der Waals surface area contributed by atoms with Gasteiger partial charge in [0.05, 0.1) is 18.6 Å². The number of aromatic nitrogens is 2. The maximum absolute atomic E-state index is 11.9. The molecule has 0 saturated carbocycles. The fourth-order valence-corrected chi connectivity index (χ4v) is 1.66. The molecule has 0 unspecified atom stereocenters. The lowest BCUT2D eigenvalue weighted by molar-refractivity contribution is -0.131. The molecule has 0 aliphatic heterocycles. The quantitative estimate of drug-likeness (QED) is 0.804.